The standard InChI is InChI=1S/C21H25N5O3/c1-3-16-4-5-17(13-22)26(16)19(27)14-24-21(2)7-10-25(11-8-21)18-12-15(20(28)29)6-9-23-18/h1,6,9,12,16-17,24H,4-5,7-8,10-11,14H2,2H3,(H,28,29)/t16-,17+/m0/s1. The van der Waals surface area contributed by atoms with E-state index < -0.39 is 12.0 Å². The topological polar surface area (TPSA) is 110 Å². The van der Waals surface area contributed by atoms with E-state index in [1.54, 1.807) is 6.07 Å². The number of aromatic nitrogens is 1. The molecule has 2 aliphatic rings. The summed E-state index contributed by atoms with van der Waals surface area (Å²) in [4.78, 5) is 31.7. The number of hydrogen-bond acceptors (Lipinski definition) is 6. The molecule has 0 aliphatic carbocycles. The summed E-state index contributed by atoms with van der Waals surface area (Å²) in [6, 6.07) is 4.47. The molecule has 2 atom stereocenters. The van der Waals surface area contributed by atoms with Crippen molar-refractivity contribution < 1.29 is 14.7 Å². The van der Waals surface area contributed by atoms with Gasteiger partial charge in [-0.25, -0.2) is 9.78 Å². The minimum absolute atomic E-state index is 0.139. The lowest BCUT2D eigenvalue weighted by molar-refractivity contribution is -0.131. The van der Waals surface area contributed by atoms with E-state index in [-0.39, 0.29) is 29.6 Å². The number of terminal acetylenes is 1. The summed E-state index contributed by atoms with van der Waals surface area (Å²) in [5.74, 6) is 2.15. The lowest BCUT2D eigenvalue weighted by atomic mass is 9.89. The van der Waals surface area contributed by atoms with Gasteiger partial charge >= 0.3 is 5.97 Å². The molecule has 8 nitrogen and oxygen atoms in total. The molecular weight excluding hydrogens is 370 g/mol. The smallest absolute Gasteiger partial charge is 0.335 e. The predicted octanol–water partition coefficient (Wildman–Crippen LogP) is 1.24. The minimum Gasteiger partial charge on any atom is -0.478 e. The number of piperidine rings is 1. The summed E-state index contributed by atoms with van der Waals surface area (Å²) in [6.07, 6.45) is 9.86. The van der Waals surface area contributed by atoms with Crippen molar-refractivity contribution in [3.8, 4) is 18.4 Å². The molecule has 1 aromatic heterocycles. The third-order valence-electron chi connectivity index (χ3n) is 5.86. The molecule has 3 rings (SSSR count). The molecule has 2 saturated heterocycles. The molecule has 1 amide bonds. The van der Waals surface area contributed by atoms with Gasteiger partial charge in [-0.2, -0.15) is 5.26 Å². The van der Waals surface area contributed by atoms with Crippen LogP contribution in [-0.4, -0.2) is 64.1 Å². The van der Waals surface area contributed by atoms with Crippen LogP contribution in [0.3, 0.4) is 0 Å². The highest BCUT2D eigenvalue weighted by atomic mass is 16.4. The van der Waals surface area contributed by atoms with Gasteiger partial charge in [-0.3, -0.25) is 4.79 Å². The molecule has 0 spiro atoms. The van der Waals surface area contributed by atoms with E-state index in [0.29, 0.717) is 31.7 Å². The molecule has 2 fully saturated rings. The third kappa shape index (κ3) is 4.49. The Morgan fingerprint density at radius 3 is 2.69 bits per heavy atom. The van der Waals surface area contributed by atoms with Crippen LogP contribution >= 0.6 is 0 Å². The van der Waals surface area contributed by atoms with Gasteiger partial charge in [0.1, 0.15) is 11.9 Å². The summed E-state index contributed by atoms with van der Waals surface area (Å²) < 4.78 is 0. The van der Waals surface area contributed by atoms with Crippen molar-refractivity contribution in [3.63, 3.8) is 0 Å². The van der Waals surface area contributed by atoms with E-state index >= 15 is 0 Å². The zero-order valence-electron chi connectivity index (χ0n) is 16.5. The fourth-order valence-electron chi connectivity index (χ4n) is 3.96. The number of pyridine rings is 1. The number of nitrogens with one attached hydrogen (secondary N) is 1. The summed E-state index contributed by atoms with van der Waals surface area (Å²) in [7, 11) is 0. The highest BCUT2D eigenvalue weighted by Gasteiger charge is 2.37. The number of aromatic carboxylic acids is 1. The van der Waals surface area contributed by atoms with E-state index in [9.17, 15) is 14.9 Å². The summed E-state index contributed by atoms with van der Waals surface area (Å²) in [6.45, 7) is 3.61. The first-order valence-corrected chi connectivity index (χ1v) is 9.73. The molecular formula is C21H25N5O3. The lowest BCUT2D eigenvalue weighted by Gasteiger charge is -2.41. The van der Waals surface area contributed by atoms with Crippen LogP contribution in [0.5, 0.6) is 0 Å². The minimum atomic E-state index is -0.974. The fourth-order valence-corrected chi connectivity index (χ4v) is 3.96. The number of rotatable bonds is 5. The van der Waals surface area contributed by atoms with Crippen LogP contribution in [0.15, 0.2) is 18.3 Å². The maximum Gasteiger partial charge on any atom is 0.335 e. The van der Waals surface area contributed by atoms with Crippen molar-refractivity contribution in [2.45, 2.75) is 50.2 Å². The second kappa shape index (κ2) is 8.50. The monoisotopic (exact) mass is 395 g/mol. The van der Waals surface area contributed by atoms with Gasteiger partial charge in [-0.15, -0.1) is 6.42 Å². The van der Waals surface area contributed by atoms with Gasteiger partial charge in [0.2, 0.25) is 5.91 Å². The van der Waals surface area contributed by atoms with E-state index in [1.165, 1.54) is 17.2 Å². The second-order valence-electron chi connectivity index (χ2n) is 7.81. The Kier molecular flexibility index (Phi) is 6.05. The second-order valence-corrected chi connectivity index (χ2v) is 7.81. The molecule has 8 heteroatoms. The van der Waals surface area contributed by atoms with Crippen molar-refractivity contribution in [2.24, 2.45) is 0 Å². The van der Waals surface area contributed by atoms with Gasteiger partial charge in [0, 0.05) is 24.8 Å². The van der Waals surface area contributed by atoms with Gasteiger partial charge < -0.3 is 20.2 Å². The number of carbonyl (C=O) groups excluding carboxylic acids is 1. The van der Waals surface area contributed by atoms with Crippen LogP contribution in [0.1, 0.15) is 43.0 Å². The lowest BCUT2D eigenvalue weighted by Crippen LogP contribution is -2.55. The number of carboxylic acid groups (broad SMARTS) is 1. The van der Waals surface area contributed by atoms with Crippen LogP contribution in [0.2, 0.25) is 0 Å². The largest absolute Gasteiger partial charge is 0.478 e. The quantitative estimate of drug-likeness (QED) is 0.722. The van der Waals surface area contributed by atoms with E-state index in [4.69, 9.17) is 11.5 Å². The first kappa shape index (κ1) is 20.6. The number of nitriles is 1. The normalized spacial score (nSPS) is 23.3. The number of carbonyl (C=O) groups is 2. The third-order valence-corrected chi connectivity index (χ3v) is 5.86. The number of nitrogens with zero attached hydrogens (tertiary/aromatic N) is 4. The number of carboxylic acids is 1. The highest BCUT2D eigenvalue weighted by molar-refractivity contribution is 5.88. The van der Waals surface area contributed by atoms with Gasteiger partial charge in [-0.05, 0) is 44.7 Å². The zero-order valence-corrected chi connectivity index (χ0v) is 16.5. The van der Waals surface area contributed by atoms with Crippen LogP contribution in [0.4, 0.5) is 5.82 Å². The van der Waals surface area contributed by atoms with Crippen molar-refractivity contribution >= 4 is 17.7 Å². The van der Waals surface area contributed by atoms with Crippen LogP contribution in [0.25, 0.3) is 0 Å². The molecule has 0 unspecified atom stereocenters. The molecule has 29 heavy (non-hydrogen) atoms. The van der Waals surface area contributed by atoms with Crippen LogP contribution < -0.4 is 10.2 Å². The molecule has 0 aromatic carbocycles. The first-order chi connectivity index (χ1) is 13.9. The Labute approximate surface area is 170 Å². The zero-order chi connectivity index (χ0) is 21.0. The Morgan fingerprint density at radius 2 is 2.07 bits per heavy atom. The SMILES string of the molecule is C#C[C@H]1CC[C@H](C#N)N1C(=O)CNC1(C)CCN(c2cc(C(=O)O)ccn2)CC1. The Hall–Kier alpha value is -3.10. The average molecular weight is 395 g/mol. The summed E-state index contributed by atoms with van der Waals surface area (Å²) >= 11 is 0. The Balaban J connectivity index is 1.56. The number of likely N-dealkylation sites (tertiary alicyclic amines) is 1. The van der Waals surface area contributed by atoms with Gasteiger partial charge in [-0.1, -0.05) is 5.92 Å². The molecule has 1 aromatic rings. The molecule has 2 aliphatic heterocycles. The average Bonchev–Trinajstić information content (AvgIpc) is 3.16. The fraction of sp³-hybridized carbons (Fsp3) is 0.524. The van der Waals surface area contributed by atoms with E-state index in [1.807, 2.05) is 0 Å². The van der Waals surface area contributed by atoms with Crippen molar-refractivity contribution in [2.75, 3.05) is 24.5 Å². The van der Waals surface area contributed by atoms with Crippen LogP contribution in [-0.2, 0) is 4.79 Å². The van der Waals surface area contributed by atoms with Gasteiger partial charge in [0.05, 0.1) is 24.2 Å². The molecule has 0 saturated carbocycles. The van der Waals surface area contributed by atoms with E-state index in [0.717, 1.165) is 12.8 Å². The van der Waals surface area contributed by atoms with Crippen LogP contribution in [0, 0.1) is 23.7 Å². The Morgan fingerprint density at radius 1 is 1.38 bits per heavy atom. The number of anilines is 1. The molecule has 152 valence electrons. The predicted molar refractivity (Wildman–Crippen MR) is 107 cm³/mol. The Bertz CT molecular complexity index is 842. The van der Waals surface area contributed by atoms with E-state index in [2.05, 4.69) is 34.1 Å². The van der Waals surface area contributed by atoms with Crippen molar-refractivity contribution in [1.82, 2.24) is 15.2 Å². The maximum atomic E-state index is 12.7. The van der Waals surface area contributed by atoms with Gasteiger partial charge in [0.15, 0.2) is 0 Å². The number of hydrogen-bond donors (Lipinski definition) is 2. The van der Waals surface area contributed by atoms with Crippen molar-refractivity contribution in [1.29, 1.82) is 5.26 Å². The van der Waals surface area contributed by atoms with Gasteiger partial charge in [0.25, 0.3) is 0 Å². The summed E-state index contributed by atoms with van der Waals surface area (Å²) in [5.41, 5.74) is -0.0165. The molecule has 0 bridgehead atoms. The highest BCUT2D eigenvalue weighted by Crippen LogP contribution is 2.27. The maximum absolute atomic E-state index is 12.7. The molecule has 0 radical (unpaired) electrons. The van der Waals surface area contributed by atoms with Crippen molar-refractivity contribution in [3.05, 3.63) is 23.9 Å². The first-order valence-electron chi connectivity index (χ1n) is 9.73. The molecule has 3 heterocycles. The summed E-state index contributed by atoms with van der Waals surface area (Å²) in [5, 5.41) is 21.8. The molecule has 2 N–H and O–H groups in total. The number of amides is 1.